The second kappa shape index (κ2) is 6.01. The third kappa shape index (κ3) is 3.08. The van der Waals surface area contributed by atoms with Crippen LogP contribution in [-0.4, -0.2) is 27.6 Å². The Morgan fingerprint density at radius 3 is 3.19 bits per heavy atom. The molecule has 3 heterocycles. The van der Waals surface area contributed by atoms with Gasteiger partial charge in [-0.05, 0) is 31.4 Å². The van der Waals surface area contributed by atoms with Gasteiger partial charge in [0, 0.05) is 12.8 Å². The van der Waals surface area contributed by atoms with Crippen molar-refractivity contribution < 1.29 is 14.1 Å². The molecule has 1 aliphatic rings. The summed E-state index contributed by atoms with van der Waals surface area (Å²) in [5, 5.41) is 6.58. The van der Waals surface area contributed by atoms with Crippen LogP contribution in [0.5, 0.6) is 0 Å². The lowest BCUT2D eigenvalue weighted by atomic mass is 10.2. The molecule has 0 aromatic carbocycles. The Morgan fingerprint density at radius 1 is 1.52 bits per heavy atom. The molecule has 1 saturated heterocycles. The van der Waals surface area contributed by atoms with Crippen LogP contribution in [-0.2, 0) is 11.3 Å². The number of pyridine rings is 1. The molecule has 110 valence electrons. The number of nitrogens with zero attached hydrogens (tertiary/aromatic N) is 3. The van der Waals surface area contributed by atoms with Crippen molar-refractivity contribution in [3.8, 4) is 0 Å². The predicted octanol–water partition coefficient (Wildman–Crippen LogP) is 1.55. The van der Waals surface area contributed by atoms with Crippen molar-refractivity contribution in [1.29, 1.82) is 0 Å². The Hall–Kier alpha value is -2.28. The number of aromatic nitrogens is 3. The van der Waals surface area contributed by atoms with E-state index in [0.29, 0.717) is 17.4 Å². The van der Waals surface area contributed by atoms with Gasteiger partial charge in [0.25, 0.3) is 11.8 Å². The average molecular weight is 288 g/mol. The van der Waals surface area contributed by atoms with Crippen molar-refractivity contribution in [3.63, 3.8) is 0 Å². The molecule has 0 radical (unpaired) electrons. The van der Waals surface area contributed by atoms with Crippen LogP contribution in [0.25, 0.3) is 0 Å². The van der Waals surface area contributed by atoms with Crippen molar-refractivity contribution in [3.05, 3.63) is 41.3 Å². The molecule has 0 unspecified atom stereocenters. The fraction of sp³-hybridized carbons (Fsp3) is 0.429. The molecule has 0 saturated carbocycles. The summed E-state index contributed by atoms with van der Waals surface area (Å²) >= 11 is 0. The highest BCUT2D eigenvalue weighted by Crippen LogP contribution is 2.26. The normalized spacial score (nSPS) is 17.9. The van der Waals surface area contributed by atoms with Crippen LogP contribution in [0.1, 0.15) is 46.7 Å². The van der Waals surface area contributed by atoms with Crippen LogP contribution >= 0.6 is 0 Å². The van der Waals surface area contributed by atoms with Gasteiger partial charge in [-0.25, -0.2) is 0 Å². The number of ether oxygens (including phenoxy) is 1. The molecule has 1 N–H and O–H groups in total. The van der Waals surface area contributed by atoms with E-state index in [-0.39, 0.29) is 18.6 Å². The minimum atomic E-state index is -0.253. The van der Waals surface area contributed by atoms with E-state index in [0.717, 1.165) is 25.0 Å². The quantitative estimate of drug-likeness (QED) is 0.918. The molecule has 1 fully saturated rings. The number of rotatable bonds is 4. The molecule has 7 heteroatoms. The maximum Gasteiger partial charge on any atom is 0.270 e. The fourth-order valence-corrected chi connectivity index (χ4v) is 2.21. The third-order valence-corrected chi connectivity index (χ3v) is 3.32. The second-order valence-electron chi connectivity index (χ2n) is 4.90. The summed E-state index contributed by atoms with van der Waals surface area (Å²) < 4.78 is 10.6. The smallest absolute Gasteiger partial charge is 0.270 e. The highest BCUT2D eigenvalue weighted by Gasteiger charge is 2.24. The second-order valence-corrected chi connectivity index (χ2v) is 4.90. The Bertz CT molecular complexity index is 635. The zero-order valence-electron chi connectivity index (χ0n) is 11.7. The number of aryl methyl sites for hydroxylation is 1. The van der Waals surface area contributed by atoms with E-state index < -0.39 is 0 Å². The minimum Gasteiger partial charge on any atom is -0.368 e. The van der Waals surface area contributed by atoms with Crippen LogP contribution in [0.3, 0.4) is 0 Å². The first kappa shape index (κ1) is 13.7. The van der Waals surface area contributed by atoms with Crippen LogP contribution < -0.4 is 5.32 Å². The van der Waals surface area contributed by atoms with E-state index in [4.69, 9.17) is 9.26 Å². The zero-order chi connectivity index (χ0) is 14.7. The highest BCUT2D eigenvalue weighted by molar-refractivity contribution is 5.93. The van der Waals surface area contributed by atoms with Gasteiger partial charge in [0.15, 0.2) is 5.82 Å². The Balaban J connectivity index is 1.60. The first-order valence-electron chi connectivity index (χ1n) is 6.88. The molecular formula is C14H16N4O3. The zero-order valence-corrected chi connectivity index (χ0v) is 11.7. The maximum atomic E-state index is 12.0. The van der Waals surface area contributed by atoms with Gasteiger partial charge in [0.1, 0.15) is 11.8 Å². The molecule has 3 rings (SSSR count). The molecule has 1 atom stereocenters. The maximum absolute atomic E-state index is 12.0. The topological polar surface area (TPSA) is 90.1 Å². The predicted molar refractivity (Wildman–Crippen MR) is 72.4 cm³/mol. The first-order chi connectivity index (χ1) is 10.2. The van der Waals surface area contributed by atoms with Gasteiger partial charge in [0.2, 0.25) is 0 Å². The largest absolute Gasteiger partial charge is 0.368 e. The van der Waals surface area contributed by atoms with Gasteiger partial charge < -0.3 is 14.6 Å². The number of nitrogens with one attached hydrogen (secondary N) is 1. The van der Waals surface area contributed by atoms with E-state index in [2.05, 4.69) is 20.4 Å². The molecule has 7 nitrogen and oxygen atoms in total. The number of carbonyl (C=O) groups is 1. The van der Waals surface area contributed by atoms with Crippen LogP contribution in [0.2, 0.25) is 0 Å². The van der Waals surface area contributed by atoms with Crippen LogP contribution in [0.15, 0.2) is 22.9 Å². The molecule has 1 amide bonds. The fourth-order valence-electron chi connectivity index (χ4n) is 2.21. The summed E-state index contributed by atoms with van der Waals surface area (Å²) in [6.45, 7) is 2.76. The number of hydrogen-bond acceptors (Lipinski definition) is 6. The van der Waals surface area contributed by atoms with Crippen molar-refractivity contribution in [1.82, 2.24) is 20.4 Å². The van der Waals surface area contributed by atoms with Gasteiger partial charge in [0.05, 0.1) is 6.54 Å². The summed E-state index contributed by atoms with van der Waals surface area (Å²) in [7, 11) is 0. The molecule has 2 aromatic heterocycles. The van der Waals surface area contributed by atoms with Gasteiger partial charge in [-0.15, -0.1) is 0 Å². The molecule has 1 aliphatic heterocycles. The molecule has 2 aromatic rings. The molecule has 21 heavy (non-hydrogen) atoms. The first-order valence-corrected chi connectivity index (χ1v) is 6.88. The van der Waals surface area contributed by atoms with E-state index >= 15 is 0 Å². The van der Waals surface area contributed by atoms with Crippen molar-refractivity contribution >= 4 is 5.91 Å². The van der Waals surface area contributed by atoms with Gasteiger partial charge in [-0.1, -0.05) is 11.2 Å². The summed E-state index contributed by atoms with van der Waals surface area (Å²) in [6, 6.07) is 3.63. The SMILES string of the molecule is Cc1cccnc1C(=O)NCc1noc([C@H]2CCCO2)n1. The highest BCUT2D eigenvalue weighted by atomic mass is 16.5. The van der Waals surface area contributed by atoms with E-state index in [1.807, 2.05) is 13.0 Å². The molecular weight excluding hydrogens is 272 g/mol. The lowest BCUT2D eigenvalue weighted by Gasteiger charge is -2.04. The van der Waals surface area contributed by atoms with E-state index in [1.165, 1.54) is 0 Å². The van der Waals surface area contributed by atoms with Gasteiger partial charge in [-0.3, -0.25) is 9.78 Å². The van der Waals surface area contributed by atoms with E-state index in [1.54, 1.807) is 12.3 Å². The number of amides is 1. The van der Waals surface area contributed by atoms with Gasteiger partial charge >= 0.3 is 0 Å². The van der Waals surface area contributed by atoms with Crippen LogP contribution in [0, 0.1) is 6.92 Å². The minimum absolute atomic E-state index is 0.111. The molecule has 0 spiro atoms. The van der Waals surface area contributed by atoms with Crippen LogP contribution in [0.4, 0.5) is 0 Å². The van der Waals surface area contributed by atoms with Crippen molar-refractivity contribution in [2.75, 3.05) is 6.61 Å². The standard InChI is InChI=1S/C14H16N4O3/c1-9-4-2-6-15-12(9)13(19)16-8-11-17-14(21-18-11)10-5-3-7-20-10/h2,4,6,10H,3,5,7-8H2,1H3,(H,16,19)/t10-/m1/s1. The summed E-state index contributed by atoms with van der Waals surface area (Å²) in [6.07, 6.45) is 3.37. The monoisotopic (exact) mass is 288 g/mol. The summed E-state index contributed by atoms with van der Waals surface area (Å²) in [4.78, 5) is 20.3. The summed E-state index contributed by atoms with van der Waals surface area (Å²) in [5.41, 5.74) is 1.23. The lowest BCUT2D eigenvalue weighted by Crippen LogP contribution is -2.25. The van der Waals surface area contributed by atoms with E-state index in [9.17, 15) is 4.79 Å². The Morgan fingerprint density at radius 2 is 2.43 bits per heavy atom. The summed E-state index contributed by atoms with van der Waals surface area (Å²) in [5.74, 6) is 0.657. The van der Waals surface area contributed by atoms with Gasteiger partial charge in [-0.2, -0.15) is 4.98 Å². The Kier molecular flexibility index (Phi) is 3.92. The van der Waals surface area contributed by atoms with Crippen molar-refractivity contribution in [2.45, 2.75) is 32.4 Å². The molecule has 0 aliphatic carbocycles. The molecule has 0 bridgehead atoms. The van der Waals surface area contributed by atoms with Crippen molar-refractivity contribution in [2.24, 2.45) is 0 Å². The average Bonchev–Trinajstić information content (AvgIpc) is 3.16. The lowest BCUT2D eigenvalue weighted by molar-refractivity contribution is 0.0835. The number of hydrogen-bond donors (Lipinski definition) is 1. The Labute approximate surface area is 121 Å². The third-order valence-electron chi connectivity index (χ3n) is 3.32. The number of carbonyl (C=O) groups excluding carboxylic acids is 1.